The van der Waals surface area contributed by atoms with E-state index in [1.807, 2.05) is 24.3 Å². The van der Waals surface area contributed by atoms with Crippen molar-refractivity contribution >= 4 is 34.1 Å². The number of anilines is 1. The van der Waals surface area contributed by atoms with Crippen molar-refractivity contribution in [1.82, 2.24) is 9.88 Å². The number of halogens is 1. The van der Waals surface area contributed by atoms with Crippen molar-refractivity contribution in [3.63, 3.8) is 0 Å². The second-order valence-electron chi connectivity index (χ2n) is 5.87. The molecule has 1 heterocycles. The van der Waals surface area contributed by atoms with Gasteiger partial charge in [-0.2, -0.15) is 0 Å². The number of thiazole rings is 1. The number of nitrogens with one attached hydrogen (secondary N) is 1. The number of aromatic nitrogens is 1. The Morgan fingerprint density at radius 1 is 1.35 bits per heavy atom. The summed E-state index contributed by atoms with van der Waals surface area (Å²) in [6, 6.07) is 7.40. The summed E-state index contributed by atoms with van der Waals surface area (Å²) in [7, 11) is 1.77. The van der Waals surface area contributed by atoms with Gasteiger partial charge in [-0.15, -0.1) is 11.3 Å². The van der Waals surface area contributed by atoms with Gasteiger partial charge < -0.3 is 4.90 Å². The van der Waals surface area contributed by atoms with E-state index in [9.17, 15) is 4.79 Å². The summed E-state index contributed by atoms with van der Waals surface area (Å²) >= 11 is 7.59. The molecule has 3 rings (SSSR count). The SMILES string of the molecule is CN(Cc1cccc(Cl)c1)C(=O)Nc1nc2c(s1)CCCCC2. The molecule has 4 nitrogen and oxygen atoms in total. The van der Waals surface area contributed by atoms with Crippen LogP contribution >= 0.6 is 22.9 Å². The number of aryl methyl sites for hydroxylation is 2. The molecule has 1 aliphatic rings. The zero-order valence-corrected chi connectivity index (χ0v) is 14.7. The van der Waals surface area contributed by atoms with Crippen LogP contribution in [0.2, 0.25) is 5.02 Å². The highest BCUT2D eigenvalue weighted by molar-refractivity contribution is 7.15. The van der Waals surface area contributed by atoms with Gasteiger partial charge in [0.25, 0.3) is 0 Å². The number of fused-ring (bicyclic) bond motifs is 1. The summed E-state index contributed by atoms with van der Waals surface area (Å²) in [6.45, 7) is 0.511. The van der Waals surface area contributed by atoms with Crippen molar-refractivity contribution in [1.29, 1.82) is 0 Å². The molecule has 1 aliphatic carbocycles. The third kappa shape index (κ3) is 4.24. The lowest BCUT2D eigenvalue weighted by atomic mass is 10.2. The fourth-order valence-electron chi connectivity index (χ4n) is 2.75. The Morgan fingerprint density at radius 2 is 2.17 bits per heavy atom. The number of carbonyl (C=O) groups excluding carboxylic acids is 1. The molecule has 1 N–H and O–H groups in total. The first-order valence-electron chi connectivity index (χ1n) is 7.87. The molecule has 0 saturated heterocycles. The van der Waals surface area contributed by atoms with E-state index in [0.717, 1.165) is 18.4 Å². The van der Waals surface area contributed by atoms with Crippen LogP contribution in [0.4, 0.5) is 9.93 Å². The van der Waals surface area contributed by atoms with Crippen LogP contribution in [-0.2, 0) is 19.4 Å². The predicted octanol–water partition coefficient (Wildman–Crippen LogP) is 4.73. The van der Waals surface area contributed by atoms with Crippen molar-refractivity contribution in [3.8, 4) is 0 Å². The van der Waals surface area contributed by atoms with E-state index in [-0.39, 0.29) is 6.03 Å². The van der Waals surface area contributed by atoms with Gasteiger partial charge in [-0.05, 0) is 43.4 Å². The van der Waals surface area contributed by atoms with E-state index in [4.69, 9.17) is 11.6 Å². The Kier molecular flexibility index (Phi) is 5.18. The van der Waals surface area contributed by atoms with Gasteiger partial charge >= 0.3 is 6.03 Å². The molecule has 0 spiro atoms. The third-order valence-electron chi connectivity index (χ3n) is 3.97. The van der Waals surface area contributed by atoms with Gasteiger partial charge in [0.1, 0.15) is 0 Å². The van der Waals surface area contributed by atoms with Crippen LogP contribution in [0.3, 0.4) is 0 Å². The Hall–Kier alpha value is -1.59. The standard InChI is InChI=1S/C17H20ClN3OS/c1-21(11-12-6-5-7-13(18)10-12)17(22)20-16-19-14-8-3-2-4-9-15(14)23-16/h5-7,10H,2-4,8-9,11H2,1H3,(H,19,20,22). The lowest BCUT2D eigenvalue weighted by Gasteiger charge is -2.17. The molecule has 6 heteroatoms. The highest BCUT2D eigenvalue weighted by Crippen LogP contribution is 2.29. The summed E-state index contributed by atoms with van der Waals surface area (Å²) in [4.78, 5) is 19.9. The number of rotatable bonds is 3. The molecular weight excluding hydrogens is 330 g/mol. The van der Waals surface area contributed by atoms with Crippen LogP contribution in [0.5, 0.6) is 0 Å². The van der Waals surface area contributed by atoms with E-state index in [1.165, 1.54) is 29.8 Å². The summed E-state index contributed by atoms with van der Waals surface area (Å²) in [5, 5.41) is 4.30. The molecule has 2 aromatic rings. The number of nitrogens with zero attached hydrogens (tertiary/aromatic N) is 2. The van der Waals surface area contributed by atoms with Crippen molar-refractivity contribution in [2.75, 3.05) is 12.4 Å². The molecule has 0 bridgehead atoms. The van der Waals surface area contributed by atoms with Crippen molar-refractivity contribution in [2.45, 2.75) is 38.6 Å². The highest BCUT2D eigenvalue weighted by atomic mass is 35.5. The molecule has 122 valence electrons. The molecule has 23 heavy (non-hydrogen) atoms. The average molecular weight is 350 g/mol. The van der Waals surface area contributed by atoms with E-state index in [2.05, 4.69) is 10.3 Å². The van der Waals surface area contributed by atoms with Gasteiger partial charge in [-0.3, -0.25) is 5.32 Å². The van der Waals surface area contributed by atoms with Gasteiger partial charge in [0, 0.05) is 23.5 Å². The Balaban J connectivity index is 1.62. The second-order valence-corrected chi connectivity index (χ2v) is 7.39. The van der Waals surface area contributed by atoms with E-state index < -0.39 is 0 Å². The van der Waals surface area contributed by atoms with Crippen LogP contribution in [0.25, 0.3) is 0 Å². The highest BCUT2D eigenvalue weighted by Gasteiger charge is 2.17. The largest absolute Gasteiger partial charge is 0.323 e. The molecule has 0 fully saturated rings. The first-order valence-corrected chi connectivity index (χ1v) is 9.06. The maximum Gasteiger partial charge on any atom is 0.323 e. The molecule has 1 aromatic carbocycles. The molecule has 1 aromatic heterocycles. The lowest BCUT2D eigenvalue weighted by Crippen LogP contribution is -2.30. The maximum atomic E-state index is 12.3. The first-order chi connectivity index (χ1) is 11.1. The maximum absolute atomic E-state index is 12.3. The summed E-state index contributed by atoms with van der Waals surface area (Å²) in [5.41, 5.74) is 2.17. The lowest BCUT2D eigenvalue weighted by molar-refractivity contribution is 0.220. The number of hydrogen-bond acceptors (Lipinski definition) is 3. The van der Waals surface area contributed by atoms with Crippen LogP contribution in [-0.4, -0.2) is 23.0 Å². The van der Waals surface area contributed by atoms with Crippen LogP contribution in [0.15, 0.2) is 24.3 Å². The van der Waals surface area contributed by atoms with Gasteiger partial charge in [0.2, 0.25) is 0 Å². The monoisotopic (exact) mass is 349 g/mol. The topological polar surface area (TPSA) is 45.2 Å². The molecular formula is C17H20ClN3OS. The van der Waals surface area contributed by atoms with E-state index in [0.29, 0.717) is 16.7 Å². The Labute approximate surface area is 145 Å². The summed E-state index contributed by atoms with van der Waals surface area (Å²) in [5.74, 6) is 0. The van der Waals surface area contributed by atoms with Crippen molar-refractivity contribution in [3.05, 3.63) is 45.4 Å². The quantitative estimate of drug-likeness (QED) is 0.814. The van der Waals surface area contributed by atoms with Crippen LogP contribution < -0.4 is 5.32 Å². The fraction of sp³-hybridized carbons (Fsp3) is 0.412. The van der Waals surface area contributed by atoms with Crippen LogP contribution in [0, 0.1) is 0 Å². The van der Waals surface area contributed by atoms with Crippen molar-refractivity contribution in [2.24, 2.45) is 0 Å². The van der Waals surface area contributed by atoms with Gasteiger partial charge in [-0.25, -0.2) is 9.78 Å². The zero-order valence-electron chi connectivity index (χ0n) is 13.1. The minimum absolute atomic E-state index is 0.145. The molecule has 0 aliphatic heterocycles. The predicted molar refractivity (Wildman–Crippen MR) is 95.3 cm³/mol. The summed E-state index contributed by atoms with van der Waals surface area (Å²) < 4.78 is 0. The normalized spacial score (nSPS) is 14.0. The minimum atomic E-state index is -0.145. The average Bonchev–Trinajstić information content (AvgIpc) is 2.76. The second kappa shape index (κ2) is 7.32. The van der Waals surface area contributed by atoms with Gasteiger partial charge in [0.05, 0.1) is 5.69 Å². The number of benzene rings is 1. The van der Waals surface area contributed by atoms with E-state index >= 15 is 0 Å². The molecule has 0 saturated carbocycles. The van der Waals surface area contributed by atoms with E-state index in [1.54, 1.807) is 23.3 Å². The molecule has 0 atom stereocenters. The molecule has 0 unspecified atom stereocenters. The number of urea groups is 1. The first kappa shape index (κ1) is 16.3. The minimum Gasteiger partial charge on any atom is -0.323 e. The fourth-order valence-corrected chi connectivity index (χ4v) is 4.00. The molecule has 2 amide bonds. The number of amides is 2. The van der Waals surface area contributed by atoms with Gasteiger partial charge in [0.15, 0.2) is 5.13 Å². The van der Waals surface area contributed by atoms with Crippen molar-refractivity contribution < 1.29 is 4.79 Å². The number of hydrogen-bond donors (Lipinski definition) is 1. The van der Waals surface area contributed by atoms with Crippen LogP contribution in [0.1, 0.15) is 35.4 Å². The van der Waals surface area contributed by atoms with Gasteiger partial charge in [-0.1, -0.05) is 30.2 Å². The third-order valence-corrected chi connectivity index (χ3v) is 5.27. The summed E-state index contributed by atoms with van der Waals surface area (Å²) in [6.07, 6.45) is 5.80. The Bertz CT molecular complexity index is 677. The Morgan fingerprint density at radius 3 is 3.00 bits per heavy atom. The smallest absolute Gasteiger partial charge is 0.323 e. The molecule has 0 radical (unpaired) electrons. The zero-order chi connectivity index (χ0) is 16.2. The number of carbonyl (C=O) groups is 1.